The highest BCUT2D eigenvalue weighted by Gasteiger charge is 2.25. The predicted octanol–water partition coefficient (Wildman–Crippen LogP) is 1.17. The normalized spacial score (nSPS) is 16.8. The molecule has 2 aliphatic rings. The van der Waals surface area contributed by atoms with Gasteiger partial charge in [-0.1, -0.05) is 12.7 Å². The molecule has 0 bridgehead atoms. The Hall–Kier alpha value is -2.70. The Morgan fingerprint density at radius 3 is 2.81 bits per heavy atom. The van der Waals surface area contributed by atoms with Gasteiger partial charge in [-0.3, -0.25) is 14.6 Å². The van der Waals surface area contributed by atoms with Gasteiger partial charge in [-0.05, 0) is 26.3 Å². The van der Waals surface area contributed by atoms with Crippen LogP contribution in [0.4, 0.5) is 5.82 Å². The van der Waals surface area contributed by atoms with Crippen LogP contribution in [0.25, 0.3) is 5.57 Å². The minimum Gasteiger partial charge on any atom is -0.353 e. The summed E-state index contributed by atoms with van der Waals surface area (Å²) in [7, 11) is 0. The van der Waals surface area contributed by atoms with Crippen molar-refractivity contribution in [2.75, 3.05) is 31.1 Å². The number of carbonyl (C=O) groups is 2. The molecule has 26 heavy (non-hydrogen) atoms. The summed E-state index contributed by atoms with van der Waals surface area (Å²) in [6, 6.07) is 0.0718. The molecule has 0 unspecified atom stereocenters. The minimum absolute atomic E-state index is 0.0394. The van der Waals surface area contributed by atoms with Crippen LogP contribution in [0, 0.1) is 0 Å². The van der Waals surface area contributed by atoms with Crippen molar-refractivity contribution >= 4 is 23.2 Å². The summed E-state index contributed by atoms with van der Waals surface area (Å²) in [4.78, 5) is 37.4. The fourth-order valence-electron chi connectivity index (χ4n) is 3.25. The van der Waals surface area contributed by atoms with Crippen LogP contribution in [0.15, 0.2) is 24.9 Å². The number of anilines is 1. The molecule has 1 saturated heterocycles. The highest BCUT2D eigenvalue weighted by molar-refractivity contribution is 6.20. The van der Waals surface area contributed by atoms with Crippen LogP contribution in [-0.4, -0.2) is 58.9 Å². The first-order chi connectivity index (χ1) is 12.5. The summed E-state index contributed by atoms with van der Waals surface area (Å²) in [5.41, 5.74) is 2.10. The van der Waals surface area contributed by atoms with Crippen molar-refractivity contribution < 1.29 is 9.59 Å². The molecule has 2 amide bonds. The molecular weight excluding hydrogens is 330 g/mol. The smallest absolute Gasteiger partial charge is 0.253 e. The summed E-state index contributed by atoms with van der Waals surface area (Å²) in [5, 5.41) is 2.92. The fourth-order valence-corrected chi connectivity index (χ4v) is 3.25. The lowest BCUT2D eigenvalue weighted by atomic mass is 10.2. The van der Waals surface area contributed by atoms with E-state index in [0.717, 1.165) is 24.5 Å². The van der Waals surface area contributed by atoms with E-state index in [0.29, 0.717) is 37.3 Å². The van der Waals surface area contributed by atoms with E-state index in [1.165, 1.54) is 6.08 Å². The first-order valence-corrected chi connectivity index (χ1v) is 9.03. The second-order valence-corrected chi connectivity index (χ2v) is 6.84. The second kappa shape index (κ2) is 7.68. The predicted molar refractivity (Wildman–Crippen MR) is 101 cm³/mol. The maximum Gasteiger partial charge on any atom is 0.253 e. The van der Waals surface area contributed by atoms with Gasteiger partial charge in [0.2, 0.25) is 5.91 Å². The molecule has 7 heteroatoms. The SMILES string of the molecule is C=CC(=O)N1CCCN(c2cnc3c(n2)C(C(=O)NC(C)C)=CC3)CC1. The number of aromatic nitrogens is 2. The lowest BCUT2D eigenvalue weighted by molar-refractivity contribution is -0.125. The van der Waals surface area contributed by atoms with E-state index in [-0.39, 0.29) is 17.9 Å². The summed E-state index contributed by atoms with van der Waals surface area (Å²) in [6.07, 6.45) is 6.50. The Morgan fingerprint density at radius 2 is 2.08 bits per heavy atom. The van der Waals surface area contributed by atoms with Gasteiger partial charge in [-0.25, -0.2) is 4.98 Å². The molecule has 1 aromatic heterocycles. The molecule has 2 heterocycles. The monoisotopic (exact) mass is 355 g/mol. The van der Waals surface area contributed by atoms with Gasteiger partial charge in [-0.15, -0.1) is 0 Å². The molecule has 7 nitrogen and oxygen atoms in total. The maximum atomic E-state index is 12.4. The second-order valence-electron chi connectivity index (χ2n) is 6.84. The van der Waals surface area contributed by atoms with Gasteiger partial charge in [-0.2, -0.15) is 0 Å². The van der Waals surface area contributed by atoms with Gasteiger partial charge in [0.25, 0.3) is 5.91 Å². The molecule has 0 radical (unpaired) electrons. The van der Waals surface area contributed by atoms with Crippen molar-refractivity contribution in [3.05, 3.63) is 36.3 Å². The van der Waals surface area contributed by atoms with Crippen LogP contribution < -0.4 is 10.2 Å². The van der Waals surface area contributed by atoms with Gasteiger partial charge in [0, 0.05) is 38.6 Å². The molecule has 138 valence electrons. The van der Waals surface area contributed by atoms with E-state index < -0.39 is 0 Å². The molecule has 1 aromatic rings. The number of allylic oxidation sites excluding steroid dienone is 1. The minimum atomic E-state index is -0.108. The van der Waals surface area contributed by atoms with Crippen molar-refractivity contribution in [2.45, 2.75) is 32.7 Å². The fraction of sp³-hybridized carbons (Fsp3) is 0.474. The van der Waals surface area contributed by atoms with Crippen LogP contribution in [0.1, 0.15) is 31.7 Å². The lowest BCUT2D eigenvalue weighted by Crippen LogP contribution is -2.34. The molecule has 1 N–H and O–H groups in total. The average Bonchev–Trinajstić information content (AvgIpc) is 2.88. The zero-order valence-corrected chi connectivity index (χ0v) is 15.4. The number of nitrogens with one attached hydrogen (secondary N) is 1. The number of carbonyl (C=O) groups excluding carboxylic acids is 2. The Bertz CT molecular complexity index is 756. The summed E-state index contributed by atoms with van der Waals surface area (Å²) >= 11 is 0. The third-order valence-electron chi connectivity index (χ3n) is 4.56. The molecular formula is C19H25N5O2. The number of hydrogen-bond donors (Lipinski definition) is 1. The Balaban J connectivity index is 1.77. The molecule has 0 atom stereocenters. The van der Waals surface area contributed by atoms with Crippen molar-refractivity contribution in [2.24, 2.45) is 0 Å². The molecule has 0 spiro atoms. The van der Waals surface area contributed by atoms with Crippen molar-refractivity contribution in [3.63, 3.8) is 0 Å². The van der Waals surface area contributed by atoms with Gasteiger partial charge in [0.15, 0.2) is 0 Å². The van der Waals surface area contributed by atoms with Crippen molar-refractivity contribution in [3.8, 4) is 0 Å². The molecule has 1 aliphatic carbocycles. The molecule has 3 rings (SSSR count). The third-order valence-corrected chi connectivity index (χ3v) is 4.56. The number of rotatable bonds is 4. The van der Waals surface area contributed by atoms with Gasteiger partial charge >= 0.3 is 0 Å². The van der Waals surface area contributed by atoms with E-state index in [2.05, 4.69) is 21.8 Å². The third kappa shape index (κ3) is 3.76. The van der Waals surface area contributed by atoms with Crippen LogP contribution in [-0.2, 0) is 16.0 Å². The van der Waals surface area contributed by atoms with Crippen LogP contribution in [0.5, 0.6) is 0 Å². The number of fused-ring (bicyclic) bond motifs is 1. The zero-order chi connectivity index (χ0) is 18.7. The van der Waals surface area contributed by atoms with E-state index in [1.54, 1.807) is 11.1 Å². The van der Waals surface area contributed by atoms with Crippen molar-refractivity contribution in [1.29, 1.82) is 0 Å². The quantitative estimate of drug-likeness (QED) is 0.820. The topological polar surface area (TPSA) is 78.4 Å². The zero-order valence-electron chi connectivity index (χ0n) is 15.4. The largest absolute Gasteiger partial charge is 0.353 e. The maximum absolute atomic E-state index is 12.4. The van der Waals surface area contributed by atoms with Crippen LogP contribution in [0.3, 0.4) is 0 Å². The van der Waals surface area contributed by atoms with Crippen molar-refractivity contribution in [1.82, 2.24) is 20.2 Å². The summed E-state index contributed by atoms with van der Waals surface area (Å²) < 4.78 is 0. The highest BCUT2D eigenvalue weighted by atomic mass is 16.2. The van der Waals surface area contributed by atoms with E-state index in [4.69, 9.17) is 4.98 Å². The Kier molecular flexibility index (Phi) is 5.35. The highest BCUT2D eigenvalue weighted by Crippen LogP contribution is 2.27. The van der Waals surface area contributed by atoms with Crippen LogP contribution >= 0.6 is 0 Å². The molecule has 0 aromatic carbocycles. The molecule has 1 fully saturated rings. The summed E-state index contributed by atoms with van der Waals surface area (Å²) in [6.45, 7) is 10.2. The van der Waals surface area contributed by atoms with E-state index >= 15 is 0 Å². The van der Waals surface area contributed by atoms with Gasteiger partial charge < -0.3 is 15.1 Å². The first-order valence-electron chi connectivity index (χ1n) is 9.03. The number of nitrogens with zero attached hydrogens (tertiary/aromatic N) is 4. The van der Waals surface area contributed by atoms with Crippen LogP contribution in [0.2, 0.25) is 0 Å². The molecule has 0 saturated carbocycles. The number of amides is 2. The molecule has 1 aliphatic heterocycles. The van der Waals surface area contributed by atoms with Gasteiger partial charge in [0.05, 0.1) is 23.2 Å². The first kappa shape index (κ1) is 18.1. The summed E-state index contributed by atoms with van der Waals surface area (Å²) in [5.74, 6) is 0.605. The van der Waals surface area contributed by atoms with E-state index in [1.807, 2.05) is 19.9 Å². The van der Waals surface area contributed by atoms with E-state index in [9.17, 15) is 9.59 Å². The van der Waals surface area contributed by atoms with Gasteiger partial charge in [0.1, 0.15) is 5.82 Å². The Morgan fingerprint density at radius 1 is 1.27 bits per heavy atom. The average molecular weight is 355 g/mol. The Labute approximate surface area is 153 Å². The standard InChI is InChI=1S/C19H25N5O2/c1-4-17(25)24-9-5-8-23(10-11-24)16-12-20-15-7-6-14(18(15)22-16)19(26)21-13(2)3/h4,6,12-13H,1,5,7-11H2,2-3H3,(H,21,26). The number of hydrogen-bond acceptors (Lipinski definition) is 5. The lowest BCUT2D eigenvalue weighted by Gasteiger charge is -2.22.